The summed E-state index contributed by atoms with van der Waals surface area (Å²) in [6, 6.07) is 5.62. The predicted octanol–water partition coefficient (Wildman–Crippen LogP) is 2.70. The van der Waals surface area contributed by atoms with Crippen LogP contribution in [0.2, 0.25) is 0 Å². The van der Waals surface area contributed by atoms with Gasteiger partial charge in [0.2, 0.25) is 0 Å². The summed E-state index contributed by atoms with van der Waals surface area (Å²) in [6.45, 7) is 6.08. The Bertz CT molecular complexity index is 489. The van der Waals surface area contributed by atoms with E-state index in [2.05, 4.69) is 30.5 Å². The van der Waals surface area contributed by atoms with Gasteiger partial charge in [-0.05, 0) is 43.0 Å². The summed E-state index contributed by atoms with van der Waals surface area (Å²) < 4.78 is 11.1. The first-order chi connectivity index (χ1) is 9.46. The summed E-state index contributed by atoms with van der Waals surface area (Å²) in [4.78, 5) is 11.8. The minimum absolute atomic E-state index is 0.110. The van der Waals surface area contributed by atoms with Crippen molar-refractivity contribution >= 4 is 22.5 Å². The van der Waals surface area contributed by atoms with Crippen molar-refractivity contribution in [1.82, 2.24) is 5.32 Å². The summed E-state index contributed by atoms with van der Waals surface area (Å²) in [7, 11) is -0.911. The minimum Gasteiger partial charge on any atom is -0.334 e. The lowest BCUT2D eigenvalue weighted by Gasteiger charge is -2.14. The molecule has 0 fully saturated rings. The molecule has 1 aromatic rings. The lowest BCUT2D eigenvalue weighted by atomic mass is 10.0. The van der Waals surface area contributed by atoms with Crippen LogP contribution in [-0.4, -0.2) is 28.3 Å². The van der Waals surface area contributed by atoms with Gasteiger partial charge in [-0.1, -0.05) is 19.9 Å². The summed E-state index contributed by atoms with van der Waals surface area (Å²) in [5.74, 6) is 0.461. The molecule has 5 heteroatoms. The normalized spacial score (nSPS) is 13.6. The van der Waals surface area contributed by atoms with E-state index in [4.69, 9.17) is 0 Å². The first-order valence-electron chi connectivity index (χ1n) is 6.95. The van der Waals surface area contributed by atoms with Gasteiger partial charge in [0, 0.05) is 34.5 Å². The van der Waals surface area contributed by atoms with E-state index >= 15 is 0 Å². The van der Waals surface area contributed by atoms with Crippen LogP contribution in [0.3, 0.4) is 0 Å². The van der Waals surface area contributed by atoms with Gasteiger partial charge in [-0.25, -0.2) is 4.79 Å². The number of aryl methyl sites for hydroxylation is 2. The highest BCUT2D eigenvalue weighted by atomic mass is 32.2. The molecule has 0 aliphatic carbocycles. The third kappa shape index (κ3) is 5.33. The second-order valence-electron chi connectivity index (χ2n) is 4.93. The lowest BCUT2D eigenvalue weighted by Crippen LogP contribution is -2.39. The maximum absolute atomic E-state index is 11.8. The predicted molar refractivity (Wildman–Crippen MR) is 85.7 cm³/mol. The fourth-order valence-corrected chi connectivity index (χ4v) is 2.95. The molecule has 112 valence electrons. The van der Waals surface area contributed by atoms with Crippen LogP contribution in [0, 0.1) is 0 Å². The smallest absolute Gasteiger partial charge is 0.319 e. The van der Waals surface area contributed by atoms with E-state index in [0.717, 1.165) is 18.5 Å². The van der Waals surface area contributed by atoms with Gasteiger partial charge in [-0.2, -0.15) is 0 Å². The van der Waals surface area contributed by atoms with E-state index in [1.165, 1.54) is 11.1 Å². The molecule has 4 nitrogen and oxygen atoms in total. The Labute approximate surface area is 123 Å². The van der Waals surface area contributed by atoms with E-state index in [1.807, 2.05) is 19.1 Å². The summed E-state index contributed by atoms with van der Waals surface area (Å²) >= 11 is 0. The molecule has 1 rings (SSSR count). The largest absolute Gasteiger partial charge is 0.334 e. The number of carbonyl (C=O) groups excluding carboxylic acids is 1. The van der Waals surface area contributed by atoms with E-state index in [0.29, 0.717) is 5.75 Å². The van der Waals surface area contributed by atoms with Gasteiger partial charge >= 0.3 is 6.03 Å². The molecule has 0 saturated carbocycles. The van der Waals surface area contributed by atoms with Crippen molar-refractivity contribution in [1.29, 1.82) is 0 Å². The zero-order valence-electron chi connectivity index (χ0n) is 12.7. The van der Waals surface area contributed by atoms with Crippen LogP contribution in [0.15, 0.2) is 18.2 Å². The maximum Gasteiger partial charge on any atom is 0.319 e. The molecule has 20 heavy (non-hydrogen) atoms. The zero-order chi connectivity index (χ0) is 15.1. The Morgan fingerprint density at radius 2 is 1.90 bits per heavy atom. The molecule has 0 spiro atoms. The van der Waals surface area contributed by atoms with Crippen molar-refractivity contribution in [2.24, 2.45) is 0 Å². The Balaban J connectivity index is 2.64. The Morgan fingerprint density at radius 1 is 1.25 bits per heavy atom. The molecule has 0 unspecified atom stereocenters. The van der Waals surface area contributed by atoms with Crippen LogP contribution < -0.4 is 10.6 Å². The zero-order valence-corrected chi connectivity index (χ0v) is 13.5. The molecule has 0 radical (unpaired) electrons. The molecule has 1 aromatic carbocycles. The summed E-state index contributed by atoms with van der Waals surface area (Å²) in [5.41, 5.74) is 3.36. The van der Waals surface area contributed by atoms with Gasteiger partial charge < -0.3 is 10.6 Å². The van der Waals surface area contributed by atoms with Crippen molar-refractivity contribution in [3.05, 3.63) is 29.3 Å². The van der Waals surface area contributed by atoms with E-state index in [-0.39, 0.29) is 12.1 Å². The van der Waals surface area contributed by atoms with E-state index in [9.17, 15) is 9.00 Å². The average Bonchev–Trinajstić information content (AvgIpc) is 2.37. The third-order valence-electron chi connectivity index (χ3n) is 3.09. The number of hydrogen-bond acceptors (Lipinski definition) is 2. The van der Waals surface area contributed by atoms with Crippen molar-refractivity contribution < 1.29 is 9.00 Å². The molecule has 0 aromatic heterocycles. The lowest BCUT2D eigenvalue weighted by molar-refractivity contribution is 0.250. The van der Waals surface area contributed by atoms with Crippen molar-refractivity contribution in [3.63, 3.8) is 0 Å². The first kappa shape index (κ1) is 16.7. The first-order valence-corrected chi connectivity index (χ1v) is 8.68. The fraction of sp³-hybridized carbons (Fsp3) is 0.533. The van der Waals surface area contributed by atoms with Gasteiger partial charge in [-0.3, -0.25) is 4.21 Å². The number of rotatable bonds is 6. The van der Waals surface area contributed by atoms with Crippen molar-refractivity contribution in [2.45, 2.75) is 39.7 Å². The van der Waals surface area contributed by atoms with Crippen LogP contribution >= 0.6 is 0 Å². The molecule has 0 saturated heterocycles. The molecular weight excluding hydrogens is 272 g/mol. The van der Waals surface area contributed by atoms with Crippen LogP contribution in [-0.2, 0) is 23.6 Å². The van der Waals surface area contributed by atoms with Crippen LogP contribution in [0.25, 0.3) is 0 Å². The Morgan fingerprint density at radius 3 is 2.45 bits per heavy atom. The van der Waals surface area contributed by atoms with Gasteiger partial charge in [0.15, 0.2) is 0 Å². The number of carbonyl (C=O) groups is 1. The highest BCUT2D eigenvalue weighted by Crippen LogP contribution is 2.17. The molecule has 0 aliphatic rings. The fourth-order valence-electron chi connectivity index (χ4n) is 2.16. The number of amides is 2. The average molecular weight is 296 g/mol. The van der Waals surface area contributed by atoms with E-state index < -0.39 is 10.8 Å². The second kappa shape index (κ2) is 8.04. The Hall–Kier alpha value is -1.36. The summed E-state index contributed by atoms with van der Waals surface area (Å²) in [5, 5.41) is 5.61. The quantitative estimate of drug-likeness (QED) is 0.848. The number of urea groups is 1. The highest BCUT2D eigenvalue weighted by Gasteiger charge is 2.09. The van der Waals surface area contributed by atoms with Crippen molar-refractivity contribution in [3.8, 4) is 0 Å². The molecule has 2 amide bonds. The van der Waals surface area contributed by atoms with Crippen LogP contribution in [0.5, 0.6) is 0 Å². The molecule has 2 N–H and O–H groups in total. The number of benzene rings is 1. The van der Waals surface area contributed by atoms with Crippen molar-refractivity contribution in [2.75, 3.05) is 17.3 Å². The standard InChI is InChI=1S/C15H24N2O2S/c1-5-12-7-8-14(9-13(12)6-2)17-15(18)16-11(3)10-20(4)19/h7-9,11H,5-6,10H2,1-4H3,(H2,16,17,18)/t11-,20+/m1/s1. The number of hydrogen-bond donors (Lipinski definition) is 2. The number of nitrogens with one attached hydrogen (secondary N) is 2. The summed E-state index contributed by atoms with van der Waals surface area (Å²) in [6.07, 6.45) is 3.58. The minimum atomic E-state index is -0.911. The van der Waals surface area contributed by atoms with Crippen LogP contribution in [0.4, 0.5) is 10.5 Å². The monoisotopic (exact) mass is 296 g/mol. The molecular formula is C15H24N2O2S. The SMILES string of the molecule is CCc1ccc(NC(=O)N[C@H](C)C[S@](C)=O)cc1CC. The molecule has 2 atom stereocenters. The van der Waals surface area contributed by atoms with Gasteiger partial charge in [0.1, 0.15) is 0 Å². The van der Waals surface area contributed by atoms with Gasteiger partial charge in [0.05, 0.1) is 0 Å². The highest BCUT2D eigenvalue weighted by molar-refractivity contribution is 7.84. The second-order valence-corrected chi connectivity index (χ2v) is 6.41. The van der Waals surface area contributed by atoms with E-state index in [1.54, 1.807) is 6.26 Å². The third-order valence-corrected chi connectivity index (χ3v) is 4.06. The number of anilines is 1. The topological polar surface area (TPSA) is 58.2 Å². The molecule has 0 bridgehead atoms. The maximum atomic E-state index is 11.8. The van der Waals surface area contributed by atoms with Crippen LogP contribution in [0.1, 0.15) is 31.9 Å². The Kier molecular flexibility index (Phi) is 6.71. The molecule has 0 aliphatic heterocycles. The van der Waals surface area contributed by atoms with Gasteiger partial charge in [-0.15, -0.1) is 0 Å². The van der Waals surface area contributed by atoms with Gasteiger partial charge in [0.25, 0.3) is 0 Å². The molecule has 0 heterocycles.